The molecule has 100 valence electrons. The molecule has 0 bridgehead atoms. The Labute approximate surface area is 107 Å². The summed E-state index contributed by atoms with van der Waals surface area (Å²) in [5.41, 5.74) is 0.492. The molecule has 0 aromatic heterocycles. The molecule has 2 heteroatoms. The van der Waals surface area contributed by atoms with Crippen LogP contribution in [-0.2, 0) is 4.74 Å². The van der Waals surface area contributed by atoms with Gasteiger partial charge in [0.2, 0.25) is 0 Å². The van der Waals surface area contributed by atoms with Crippen molar-refractivity contribution in [1.29, 1.82) is 0 Å². The summed E-state index contributed by atoms with van der Waals surface area (Å²) in [5, 5.41) is 0. The molecule has 0 saturated carbocycles. The molecule has 0 aromatic carbocycles. The minimum absolute atomic E-state index is 0.492. The van der Waals surface area contributed by atoms with Crippen molar-refractivity contribution in [3.05, 3.63) is 0 Å². The Bertz CT molecular complexity index is 228. The average molecular weight is 239 g/mol. The van der Waals surface area contributed by atoms with Crippen LogP contribution in [-0.4, -0.2) is 37.2 Å². The normalized spacial score (nSPS) is 30.2. The van der Waals surface area contributed by atoms with Crippen molar-refractivity contribution in [2.45, 2.75) is 58.9 Å². The van der Waals surface area contributed by atoms with E-state index < -0.39 is 0 Å². The first kappa shape index (κ1) is 13.4. The van der Waals surface area contributed by atoms with Crippen molar-refractivity contribution in [3.8, 4) is 0 Å². The second-order valence-electron chi connectivity index (χ2n) is 6.87. The predicted molar refractivity (Wildman–Crippen MR) is 72.2 cm³/mol. The van der Waals surface area contributed by atoms with E-state index in [0.29, 0.717) is 5.41 Å². The van der Waals surface area contributed by atoms with Gasteiger partial charge in [-0.2, -0.15) is 0 Å². The maximum absolute atomic E-state index is 5.47. The zero-order valence-corrected chi connectivity index (χ0v) is 11.9. The Balaban J connectivity index is 1.86. The van der Waals surface area contributed by atoms with Crippen LogP contribution in [0.4, 0.5) is 0 Å². The van der Waals surface area contributed by atoms with Gasteiger partial charge in [-0.3, -0.25) is 0 Å². The summed E-state index contributed by atoms with van der Waals surface area (Å²) >= 11 is 0. The van der Waals surface area contributed by atoms with Crippen molar-refractivity contribution >= 4 is 0 Å². The van der Waals surface area contributed by atoms with Gasteiger partial charge in [0.25, 0.3) is 0 Å². The first-order valence-electron chi connectivity index (χ1n) is 7.39. The number of nitrogens with zero attached hydrogens (tertiary/aromatic N) is 1. The van der Waals surface area contributed by atoms with Gasteiger partial charge in [0.15, 0.2) is 0 Å². The van der Waals surface area contributed by atoms with Crippen LogP contribution in [0, 0.1) is 11.3 Å². The van der Waals surface area contributed by atoms with Crippen LogP contribution >= 0.6 is 0 Å². The van der Waals surface area contributed by atoms with Crippen LogP contribution in [0.5, 0.6) is 0 Å². The monoisotopic (exact) mass is 239 g/mol. The lowest BCUT2D eigenvalue weighted by Crippen LogP contribution is -2.40. The van der Waals surface area contributed by atoms with E-state index >= 15 is 0 Å². The molecule has 0 aromatic rings. The van der Waals surface area contributed by atoms with Crippen LogP contribution < -0.4 is 0 Å². The van der Waals surface area contributed by atoms with Gasteiger partial charge in [0, 0.05) is 19.3 Å². The first-order chi connectivity index (χ1) is 8.07. The summed E-state index contributed by atoms with van der Waals surface area (Å²) < 4.78 is 5.47. The quantitative estimate of drug-likeness (QED) is 0.696. The van der Waals surface area contributed by atoms with Crippen molar-refractivity contribution < 1.29 is 4.74 Å². The maximum atomic E-state index is 5.47. The summed E-state index contributed by atoms with van der Waals surface area (Å²) in [6.07, 6.45) is 6.70. The Morgan fingerprint density at radius 2 is 1.65 bits per heavy atom. The van der Waals surface area contributed by atoms with E-state index in [1.165, 1.54) is 45.2 Å². The van der Waals surface area contributed by atoms with Crippen LogP contribution in [0.2, 0.25) is 0 Å². The number of rotatable bonds is 1. The topological polar surface area (TPSA) is 12.5 Å². The zero-order valence-electron chi connectivity index (χ0n) is 11.9. The Hall–Kier alpha value is -0.0800. The van der Waals surface area contributed by atoms with Gasteiger partial charge in [-0.25, -0.2) is 0 Å². The first-order valence-corrected chi connectivity index (χ1v) is 7.39. The van der Waals surface area contributed by atoms with E-state index in [9.17, 15) is 0 Å². The van der Waals surface area contributed by atoms with E-state index in [-0.39, 0.29) is 0 Å². The van der Waals surface area contributed by atoms with Gasteiger partial charge in [0.05, 0.1) is 0 Å². The van der Waals surface area contributed by atoms with E-state index in [0.717, 1.165) is 25.2 Å². The van der Waals surface area contributed by atoms with Crippen LogP contribution in [0.3, 0.4) is 0 Å². The van der Waals surface area contributed by atoms with E-state index in [2.05, 4.69) is 25.7 Å². The fourth-order valence-corrected chi connectivity index (χ4v) is 3.40. The smallest absolute Gasteiger partial charge is 0.0480 e. The zero-order chi connectivity index (χ0) is 12.3. The molecule has 17 heavy (non-hydrogen) atoms. The number of ether oxygens (including phenoxy) is 1. The number of hydrogen-bond acceptors (Lipinski definition) is 2. The van der Waals surface area contributed by atoms with Crippen LogP contribution in [0.15, 0.2) is 0 Å². The molecule has 2 heterocycles. The van der Waals surface area contributed by atoms with Gasteiger partial charge in [-0.15, -0.1) is 0 Å². The summed E-state index contributed by atoms with van der Waals surface area (Å²) in [5.74, 6) is 0.910. The van der Waals surface area contributed by atoms with E-state index in [1.54, 1.807) is 0 Å². The van der Waals surface area contributed by atoms with Crippen molar-refractivity contribution in [3.63, 3.8) is 0 Å². The molecule has 2 aliphatic heterocycles. The van der Waals surface area contributed by atoms with Gasteiger partial charge in [-0.1, -0.05) is 20.8 Å². The number of hydrogen-bond donors (Lipinski definition) is 0. The van der Waals surface area contributed by atoms with Crippen molar-refractivity contribution in [1.82, 2.24) is 4.90 Å². The molecular weight excluding hydrogens is 210 g/mol. The molecule has 0 N–H and O–H groups in total. The summed E-state index contributed by atoms with van der Waals surface area (Å²) in [4.78, 5) is 2.74. The molecule has 2 aliphatic rings. The van der Waals surface area contributed by atoms with Crippen molar-refractivity contribution in [2.24, 2.45) is 11.3 Å². The highest BCUT2D eigenvalue weighted by Crippen LogP contribution is 2.35. The highest BCUT2D eigenvalue weighted by Gasteiger charge is 2.29. The third-order valence-corrected chi connectivity index (χ3v) is 4.69. The van der Waals surface area contributed by atoms with Gasteiger partial charge < -0.3 is 9.64 Å². The predicted octanol–water partition coefficient (Wildman–Crippen LogP) is 3.31. The Kier molecular flexibility index (Phi) is 4.48. The molecule has 0 radical (unpaired) electrons. The largest absolute Gasteiger partial charge is 0.381 e. The average Bonchev–Trinajstić information content (AvgIpc) is 2.55. The minimum atomic E-state index is 0.492. The second-order valence-corrected chi connectivity index (χ2v) is 6.87. The molecule has 0 aliphatic carbocycles. The second kappa shape index (κ2) is 5.71. The summed E-state index contributed by atoms with van der Waals surface area (Å²) in [6, 6.07) is 0.808. The Morgan fingerprint density at radius 3 is 2.29 bits per heavy atom. The summed E-state index contributed by atoms with van der Waals surface area (Å²) in [6.45, 7) is 11.8. The van der Waals surface area contributed by atoms with Crippen LogP contribution in [0.25, 0.3) is 0 Å². The molecule has 0 unspecified atom stereocenters. The third-order valence-electron chi connectivity index (χ3n) is 4.69. The van der Waals surface area contributed by atoms with Crippen molar-refractivity contribution in [2.75, 3.05) is 26.3 Å². The fourth-order valence-electron chi connectivity index (χ4n) is 3.40. The molecule has 0 spiro atoms. The lowest BCUT2D eigenvalue weighted by atomic mass is 9.77. The summed E-state index contributed by atoms with van der Waals surface area (Å²) in [7, 11) is 0. The number of likely N-dealkylation sites (tertiary alicyclic amines) is 1. The lowest BCUT2D eigenvalue weighted by Gasteiger charge is -2.34. The highest BCUT2D eigenvalue weighted by atomic mass is 16.5. The lowest BCUT2D eigenvalue weighted by molar-refractivity contribution is 0.0342. The molecule has 0 amide bonds. The SMILES string of the molecule is CC(C)(C)[C@H]1CCCN(C2CCOCC2)CC1. The van der Waals surface area contributed by atoms with Gasteiger partial charge in [-0.05, 0) is 56.5 Å². The molecule has 2 nitrogen and oxygen atoms in total. The minimum Gasteiger partial charge on any atom is -0.381 e. The third kappa shape index (κ3) is 3.69. The van der Waals surface area contributed by atoms with E-state index in [1.807, 2.05) is 0 Å². The molecule has 2 rings (SSSR count). The van der Waals surface area contributed by atoms with Crippen LogP contribution in [0.1, 0.15) is 52.9 Å². The van der Waals surface area contributed by atoms with E-state index in [4.69, 9.17) is 4.74 Å². The van der Waals surface area contributed by atoms with Gasteiger partial charge in [0.1, 0.15) is 0 Å². The standard InChI is InChI=1S/C15H29NO/c1-15(2,3)13-5-4-9-16(10-6-13)14-7-11-17-12-8-14/h13-14H,4-12H2,1-3H3/t13-/m0/s1. The highest BCUT2D eigenvalue weighted by molar-refractivity contribution is 4.82. The molecular formula is C15H29NO. The molecule has 2 saturated heterocycles. The van der Waals surface area contributed by atoms with Gasteiger partial charge >= 0.3 is 0 Å². The molecule has 1 atom stereocenters. The fraction of sp³-hybridized carbons (Fsp3) is 1.00. The Morgan fingerprint density at radius 1 is 0.941 bits per heavy atom. The maximum Gasteiger partial charge on any atom is 0.0480 e. The molecule has 2 fully saturated rings.